The number of carbonyl (C=O) groups excluding carboxylic acids is 2. The first kappa shape index (κ1) is 21.0. The van der Waals surface area contributed by atoms with Gasteiger partial charge in [-0.1, -0.05) is 36.8 Å². The molecule has 0 radical (unpaired) electrons. The number of nitrogens with one attached hydrogen (secondary N) is 2. The van der Waals surface area contributed by atoms with E-state index >= 15 is 0 Å². The van der Waals surface area contributed by atoms with E-state index in [-0.39, 0.29) is 17.5 Å². The Labute approximate surface area is 182 Å². The molecule has 1 aliphatic carbocycles. The summed E-state index contributed by atoms with van der Waals surface area (Å²) in [6.07, 6.45) is 5.09. The number of benzene rings is 2. The third-order valence-corrected chi connectivity index (χ3v) is 5.77. The number of pyridine rings is 1. The van der Waals surface area contributed by atoms with Gasteiger partial charge in [-0.25, -0.2) is 4.98 Å². The number of fused-ring (bicyclic) bond motifs is 1. The van der Waals surface area contributed by atoms with Gasteiger partial charge in [0.25, 0.3) is 11.8 Å². The summed E-state index contributed by atoms with van der Waals surface area (Å²) in [5.74, 6) is 0.00666. The monoisotopic (exact) mass is 417 g/mol. The maximum Gasteiger partial charge on any atom is 0.272 e. The van der Waals surface area contributed by atoms with Crippen molar-refractivity contribution in [3.8, 4) is 0 Å². The van der Waals surface area contributed by atoms with Gasteiger partial charge in [0.1, 0.15) is 0 Å². The normalized spacial score (nSPS) is 13.6. The van der Waals surface area contributed by atoms with Crippen LogP contribution in [0.1, 0.15) is 52.6 Å². The molecule has 6 nitrogen and oxygen atoms in total. The number of hydrogen-bond acceptors (Lipinski definition) is 4. The Morgan fingerprint density at radius 3 is 2.58 bits per heavy atom. The molecule has 31 heavy (non-hydrogen) atoms. The van der Waals surface area contributed by atoms with Crippen molar-refractivity contribution in [3.63, 3.8) is 0 Å². The first-order valence-corrected chi connectivity index (χ1v) is 10.8. The van der Waals surface area contributed by atoms with Crippen molar-refractivity contribution >= 4 is 28.3 Å². The molecule has 1 saturated carbocycles. The summed E-state index contributed by atoms with van der Waals surface area (Å²) >= 11 is 0. The van der Waals surface area contributed by atoms with E-state index in [1.807, 2.05) is 37.3 Å². The predicted molar refractivity (Wildman–Crippen MR) is 121 cm³/mol. The fraction of sp³-hybridized carbons (Fsp3) is 0.320. The Bertz CT molecular complexity index is 1090. The molecule has 0 unspecified atom stereocenters. The van der Waals surface area contributed by atoms with Gasteiger partial charge < -0.3 is 15.4 Å². The van der Waals surface area contributed by atoms with Crippen molar-refractivity contribution in [2.24, 2.45) is 5.92 Å². The molecule has 2 aromatic carbocycles. The summed E-state index contributed by atoms with van der Waals surface area (Å²) in [6, 6.07) is 14.9. The van der Waals surface area contributed by atoms with E-state index in [0.717, 1.165) is 29.2 Å². The van der Waals surface area contributed by atoms with Crippen LogP contribution in [0.25, 0.3) is 10.8 Å². The van der Waals surface area contributed by atoms with Crippen LogP contribution in [0.5, 0.6) is 0 Å². The number of amides is 2. The molecule has 4 rings (SSSR count). The minimum Gasteiger partial charge on any atom is -0.377 e. The number of hydrogen-bond donors (Lipinski definition) is 2. The second kappa shape index (κ2) is 9.71. The molecular formula is C25H27N3O3. The zero-order chi connectivity index (χ0) is 21.6. The molecule has 2 N–H and O–H groups in total. The van der Waals surface area contributed by atoms with Crippen LogP contribution in [0.15, 0.2) is 54.7 Å². The molecule has 1 fully saturated rings. The SMILES string of the molecule is CCOCc1ccc(C(=O)Nc2cccnc2C(=O)NCC2CCC2)c2ccccc12. The average Bonchev–Trinajstić information content (AvgIpc) is 2.76. The smallest absolute Gasteiger partial charge is 0.272 e. The standard InChI is InChI=1S/C25H27N3O3/c1-2-31-16-18-12-13-21(20-10-4-3-9-19(18)20)24(29)28-22-11-6-14-26-23(22)25(30)27-15-17-7-5-8-17/h3-4,6,9-14,17H,2,5,7-8,15-16H2,1H3,(H,27,30)(H,28,29). The molecule has 1 heterocycles. The molecule has 160 valence electrons. The van der Waals surface area contributed by atoms with Gasteiger partial charge in [-0.2, -0.15) is 0 Å². The molecule has 2 amide bonds. The Morgan fingerprint density at radius 1 is 1.03 bits per heavy atom. The van der Waals surface area contributed by atoms with Gasteiger partial charge in [-0.05, 0) is 60.2 Å². The van der Waals surface area contributed by atoms with E-state index < -0.39 is 0 Å². The van der Waals surface area contributed by atoms with Crippen molar-refractivity contribution < 1.29 is 14.3 Å². The van der Waals surface area contributed by atoms with E-state index in [4.69, 9.17) is 4.74 Å². The van der Waals surface area contributed by atoms with Crippen LogP contribution in [0, 0.1) is 5.92 Å². The summed E-state index contributed by atoms with van der Waals surface area (Å²) in [6.45, 7) is 3.72. The number of rotatable bonds is 8. The van der Waals surface area contributed by atoms with Crippen molar-refractivity contribution in [1.29, 1.82) is 0 Å². The van der Waals surface area contributed by atoms with Crippen molar-refractivity contribution in [3.05, 3.63) is 71.5 Å². The van der Waals surface area contributed by atoms with E-state index in [1.54, 1.807) is 24.4 Å². The minimum atomic E-state index is -0.278. The van der Waals surface area contributed by atoms with Gasteiger partial charge in [0, 0.05) is 24.9 Å². The zero-order valence-electron chi connectivity index (χ0n) is 17.7. The van der Waals surface area contributed by atoms with Crippen LogP contribution in [-0.2, 0) is 11.3 Å². The molecule has 0 spiro atoms. The van der Waals surface area contributed by atoms with Gasteiger partial charge in [-0.15, -0.1) is 0 Å². The minimum absolute atomic E-state index is 0.229. The zero-order valence-corrected chi connectivity index (χ0v) is 17.7. The van der Waals surface area contributed by atoms with Crippen LogP contribution in [0.4, 0.5) is 5.69 Å². The maximum atomic E-state index is 13.1. The van der Waals surface area contributed by atoms with Crippen LogP contribution in [-0.4, -0.2) is 29.9 Å². The van der Waals surface area contributed by atoms with Crippen molar-refractivity contribution in [2.45, 2.75) is 32.8 Å². The number of nitrogens with zero attached hydrogens (tertiary/aromatic N) is 1. The lowest BCUT2D eigenvalue weighted by molar-refractivity contribution is 0.0935. The lowest BCUT2D eigenvalue weighted by Crippen LogP contribution is -2.33. The fourth-order valence-corrected chi connectivity index (χ4v) is 3.79. The van der Waals surface area contributed by atoms with Crippen LogP contribution in [0.3, 0.4) is 0 Å². The van der Waals surface area contributed by atoms with E-state index in [9.17, 15) is 9.59 Å². The largest absolute Gasteiger partial charge is 0.377 e. The van der Waals surface area contributed by atoms with Gasteiger partial charge >= 0.3 is 0 Å². The van der Waals surface area contributed by atoms with E-state index in [2.05, 4.69) is 15.6 Å². The molecule has 0 bridgehead atoms. The van der Waals surface area contributed by atoms with Gasteiger partial charge in [0.2, 0.25) is 0 Å². The molecule has 3 aromatic rings. The number of aromatic nitrogens is 1. The summed E-state index contributed by atoms with van der Waals surface area (Å²) in [5, 5.41) is 7.65. The van der Waals surface area contributed by atoms with Crippen LogP contribution in [0.2, 0.25) is 0 Å². The number of anilines is 1. The molecule has 0 aliphatic heterocycles. The maximum absolute atomic E-state index is 13.1. The van der Waals surface area contributed by atoms with Gasteiger partial charge in [0.15, 0.2) is 5.69 Å². The molecule has 6 heteroatoms. The quantitative estimate of drug-likeness (QED) is 0.563. The molecular weight excluding hydrogens is 390 g/mol. The highest BCUT2D eigenvalue weighted by atomic mass is 16.5. The lowest BCUT2D eigenvalue weighted by Gasteiger charge is -2.25. The number of ether oxygens (including phenoxy) is 1. The van der Waals surface area contributed by atoms with Gasteiger partial charge in [-0.3, -0.25) is 9.59 Å². The first-order valence-electron chi connectivity index (χ1n) is 10.8. The molecule has 1 aromatic heterocycles. The van der Waals surface area contributed by atoms with Crippen LogP contribution < -0.4 is 10.6 Å². The first-order chi connectivity index (χ1) is 15.2. The third-order valence-electron chi connectivity index (χ3n) is 5.77. The Morgan fingerprint density at radius 2 is 1.84 bits per heavy atom. The van der Waals surface area contributed by atoms with E-state index in [1.165, 1.54) is 6.42 Å². The Balaban J connectivity index is 1.56. The second-order valence-electron chi connectivity index (χ2n) is 7.82. The van der Waals surface area contributed by atoms with Crippen molar-refractivity contribution in [1.82, 2.24) is 10.3 Å². The number of carbonyl (C=O) groups is 2. The Hall–Kier alpha value is -3.25. The lowest BCUT2D eigenvalue weighted by atomic mass is 9.85. The second-order valence-corrected chi connectivity index (χ2v) is 7.82. The fourth-order valence-electron chi connectivity index (χ4n) is 3.79. The summed E-state index contributed by atoms with van der Waals surface area (Å²) in [5.41, 5.74) is 2.21. The van der Waals surface area contributed by atoms with E-state index in [0.29, 0.717) is 36.9 Å². The van der Waals surface area contributed by atoms with Crippen LogP contribution >= 0.6 is 0 Å². The average molecular weight is 418 g/mol. The summed E-state index contributed by atoms with van der Waals surface area (Å²) in [7, 11) is 0. The Kier molecular flexibility index (Phi) is 6.57. The van der Waals surface area contributed by atoms with Gasteiger partial charge in [0.05, 0.1) is 12.3 Å². The molecule has 1 aliphatic rings. The van der Waals surface area contributed by atoms with Crippen molar-refractivity contribution in [2.75, 3.05) is 18.5 Å². The topological polar surface area (TPSA) is 80.3 Å². The molecule has 0 atom stereocenters. The third kappa shape index (κ3) is 4.75. The highest BCUT2D eigenvalue weighted by Gasteiger charge is 2.21. The summed E-state index contributed by atoms with van der Waals surface area (Å²) < 4.78 is 5.56. The molecule has 0 saturated heterocycles. The predicted octanol–water partition coefficient (Wildman–Crippen LogP) is 4.55. The highest BCUT2D eigenvalue weighted by molar-refractivity contribution is 6.15. The summed E-state index contributed by atoms with van der Waals surface area (Å²) in [4.78, 5) is 30.0. The highest BCUT2D eigenvalue weighted by Crippen LogP contribution is 2.26.